The maximum absolute atomic E-state index is 13.0. The average Bonchev–Trinajstić information content (AvgIpc) is 3.26. The predicted molar refractivity (Wildman–Crippen MR) is 127 cm³/mol. The molecule has 5 nitrogen and oxygen atoms in total. The first-order chi connectivity index (χ1) is 15.7. The number of H-pyrrole nitrogens is 1. The fraction of sp³-hybridized carbons (Fsp3) is 0.296. The summed E-state index contributed by atoms with van der Waals surface area (Å²) in [6.45, 7) is 3.62. The number of para-hydroxylation sites is 2. The molecule has 4 aromatic rings. The van der Waals surface area contributed by atoms with Crippen molar-refractivity contribution in [1.29, 1.82) is 0 Å². The number of fused-ring (bicyclic) bond motifs is 1. The lowest BCUT2D eigenvalue weighted by Crippen LogP contribution is -2.39. The van der Waals surface area contributed by atoms with E-state index in [9.17, 15) is 4.79 Å². The van der Waals surface area contributed by atoms with Gasteiger partial charge in [-0.1, -0.05) is 42.5 Å². The second kappa shape index (κ2) is 8.95. The van der Waals surface area contributed by atoms with Gasteiger partial charge in [0.15, 0.2) is 0 Å². The average molecular weight is 425 g/mol. The van der Waals surface area contributed by atoms with Gasteiger partial charge in [0, 0.05) is 43.2 Å². The number of aryl methyl sites for hydroxylation is 2. The summed E-state index contributed by atoms with van der Waals surface area (Å²) >= 11 is 0. The summed E-state index contributed by atoms with van der Waals surface area (Å²) in [6.07, 6.45) is 3.19. The Balaban J connectivity index is 1.27. The molecule has 0 spiro atoms. The molecule has 0 bridgehead atoms. The molecule has 5 rings (SSSR count). The number of carbonyl (C=O) groups excluding carboxylic acids is 1. The third kappa shape index (κ3) is 4.42. The zero-order valence-corrected chi connectivity index (χ0v) is 18.4. The van der Waals surface area contributed by atoms with Crippen molar-refractivity contribution in [2.24, 2.45) is 0 Å². The number of aromatic amines is 1. The Morgan fingerprint density at radius 2 is 1.84 bits per heavy atom. The number of hydrogen-bond acceptors (Lipinski definition) is 3. The highest BCUT2D eigenvalue weighted by molar-refractivity contribution is 5.77. The Morgan fingerprint density at radius 3 is 2.69 bits per heavy atom. The zero-order chi connectivity index (χ0) is 21.9. The lowest BCUT2D eigenvalue weighted by molar-refractivity contribution is -0.132. The molecule has 2 aromatic carbocycles. The molecule has 0 saturated carbocycles. The van der Waals surface area contributed by atoms with E-state index in [-0.39, 0.29) is 11.8 Å². The van der Waals surface area contributed by atoms with Crippen LogP contribution >= 0.6 is 0 Å². The van der Waals surface area contributed by atoms with E-state index in [4.69, 9.17) is 4.98 Å². The number of imidazole rings is 1. The quantitative estimate of drug-likeness (QED) is 0.475. The highest BCUT2D eigenvalue weighted by Crippen LogP contribution is 2.30. The summed E-state index contributed by atoms with van der Waals surface area (Å²) in [5, 5.41) is 0. The smallest absolute Gasteiger partial charge is 0.223 e. The lowest BCUT2D eigenvalue weighted by atomic mass is 9.92. The molecule has 1 aliphatic rings. The van der Waals surface area contributed by atoms with Crippen LogP contribution in [0.2, 0.25) is 0 Å². The number of hydrogen-bond donors (Lipinski definition) is 1. The first-order valence-corrected chi connectivity index (χ1v) is 11.4. The maximum Gasteiger partial charge on any atom is 0.223 e. The standard InChI is InChI=1S/C27H28N4O/c1-19-16-22(20-8-3-2-4-9-20)17-25(28-19)21-10-7-15-31(18-21)27(32)14-13-26-29-23-11-5-6-12-24(23)30-26/h2-6,8-9,11-12,16-17,21H,7,10,13-15,18H2,1H3,(H,29,30). The Hall–Kier alpha value is -3.47. The van der Waals surface area contributed by atoms with E-state index in [1.807, 2.05) is 35.2 Å². The van der Waals surface area contributed by atoms with E-state index in [1.165, 1.54) is 11.1 Å². The lowest BCUT2D eigenvalue weighted by Gasteiger charge is -2.33. The fourth-order valence-electron chi connectivity index (χ4n) is 4.65. The molecule has 1 N–H and O–H groups in total. The van der Waals surface area contributed by atoms with Gasteiger partial charge in [-0.3, -0.25) is 9.78 Å². The van der Waals surface area contributed by atoms with Crippen LogP contribution in [0.5, 0.6) is 0 Å². The van der Waals surface area contributed by atoms with E-state index < -0.39 is 0 Å². The summed E-state index contributed by atoms with van der Waals surface area (Å²) in [6, 6.07) is 22.7. The number of carbonyl (C=O) groups is 1. The predicted octanol–water partition coefficient (Wildman–Crippen LogP) is 5.27. The third-order valence-corrected chi connectivity index (χ3v) is 6.29. The summed E-state index contributed by atoms with van der Waals surface area (Å²) in [5.41, 5.74) is 6.49. The Kier molecular flexibility index (Phi) is 5.71. The van der Waals surface area contributed by atoms with Gasteiger partial charge in [0.25, 0.3) is 0 Å². The number of nitrogens with zero attached hydrogens (tertiary/aromatic N) is 3. The Bertz CT molecular complexity index is 1200. The SMILES string of the molecule is Cc1cc(-c2ccccc2)cc(C2CCCN(C(=O)CCc3nc4ccccc4[nH]3)C2)n1. The van der Waals surface area contributed by atoms with Gasteiger partial charge in [0.05, 0.1) is 11.0 Å². The van der Waals surface area contributed by atoms with Gasteiger partial charge >= 0.3 is 0 Å². The Morgan fingerprint density at radius 1 is 1.03 bits per heavy atom. The van der Waals surface area contributed by atoms with E-state index in [0.717, 1.165) is 54.2 Å². The van der Waals surface area contributed by atoms with Gasteiger partial charge in [-0.15, -0.1) is 0 Å². The molecule has 162 valence electrons. The van der Waals surface area contributed by atoms with Gasteiger partial charge in [0.2, 0.25) is 5.91 Å². The van der Waals surface area contributed by atoms with Gasteiger partial charge in [-0.25, -0.2) is 4.98 Å². The van der Waals surface area contributed by atoms with Crippen LogP contribution in [0, 0.1) is 6.92 Å². The largest absolute Gasteiger partial charge is 0.342 e. The monoisotopic (exact) mass is 424 g/mol. The van der Waals surface area contributed by atoms with Crippen molar-refractivity contribution in [3.63, 3.8) is 0 Å². The number of rotatable bonds is 5. The second-order valence-electron chi connectivity index (χ2n) is 8.67. The van der Waals surface area contributed by atoms with E-state index in [2.05, 4.69) is 53.3 Å². The number of benzene rings is 2. The molecular formula is C27H28N4O. The van der Waals surface area contributed by atoms with Crippen LogP contribution < -0.4 is 0 Å². The van der Waals surface area contributed by atoms with Crippen LogP contribution in [0.25, 0.3) is 22.2 Å². The van der Waals surface area contributed by atoms with E-state index in [1.54, 1.807) is 0 Å². The maximum atomic E-state index is 13.0. The minimum Gasteiger partial charge on any atom is -0.342 e. The molecule has 1 amide bonds. The molecular weight excluding hydrogens is 396 g/mol. The number of pyridine rings is 1. The van der Waals surface area contributed by atoms with Crippen molar-refractivity contribution >= 4 is 16.9 Å². The topological polar surface area (TPSA) is 61.9 Å². The first-order valence-electron chi connectivity index (χ1n) is 11.4. The normalized spacial score (nSPS) is 16.4. The second-order valence-corrected chi connectivity index (χ2v) is 8.67. The molecule has 0 radical (unpaired) electrons. The third-order valence-electron chi connectivity index (χ3n) is 6.29. The van der Waals surface area contributed by atoms with Crippen molar-refractivity contribution in [3.8, 4) is 11.1 Å². The Labute approximate surface area is 188 Å². The number of amides is 1. The van der Waals surface area contributed by atoms with Gasteiger partial charge in [-0.2, -0.15) is 0 Å². The van der Waals surface area contributed by atoms with E-state index >= 15 is 0 Å². The summed E-state index contributed by atoms with van der Waals surface area (Å²) < 4.78 is 0. The van der Waals surface area contributed by atoms with Gasteiger partial charge in [0.1, 0.15) is 5.82 Å². The van der Waals surface area contributed by atoms with Crippen LogP contribution in [-0.4, -0.2) is 38.8 Å². The van der Waals surface area contributed by atoms with Crippen molar-refractivity contribution in [2.45, 2.75) is 38.5 Å². The molecule has 1 unspecified atom stereocenters. The summed E-state index contributed by atoms with van der Waals surface area (Å²) in [5.74, 6) is 1.35. The first kappa shape index (κ1) is 20.4. The molecule has 1 atom stereocenters. The molecule has 32 heavy (non-hydrogen) atoms. The highest BCUT2D eigenvalue weighted by Gasteiger charge is 2.26. The molecule has 1 fully saturated rings. The molecule has 1 aliphatic heterocycles. The molecule has 0 aliphatic carbocycles. The minimum absolute atomic E-state index is 0.200. The van der Waals surface area contributed by atoms with Crippen LogP contribution in [0.3, 0.4) is 0 Å². The van der Waals surface area contributed by atoms with Gasteiger partial charge in [-0.05, 0) is 55.2 Å². The van der Waals surface area contributed by atoms with Crippen LogP contribution in [0.1, 0.15) is 42.4 Å². The molecule has 3 heterocycles. The van der Waals surface area contributed by atoms with E-state index in [0.29, 0.717) is 12.8 Å². The molecule has 2 aromatic heterocycles. The molecule has 5 heteroatoms. The highest BCUT2D eigenvalue weighted by atomic mass is 16.2. The number of likely N-dealkylation sites (tertiary alicyclic amines) is 1. The fourth-order valence-corrected chi connectivity index (χ4v) is 4.65. The van der Waals surface area contributed by atoms with Crippen molar-refractivity contribution < 1.29 is 4.79 Å². The zero-order valence-electron chi connectivity index (χ0n) is 18.4. The van der Waals surface area contributed by atoms with Crippen LogP contribution in [0.4, 0.5) is 0 Å². The van der Waals surface area contributed by atoms with Crippen LogP contribution in [-0.2, 0) is 11.2 Å². The minimum atomic E-state index is 0.200. The summed E-state index contributed by atoms with van der Waals surface area (Å²) in [7, 11) is 0. The number of nitrogens with one attached hydrogen (secondary N) is 1. The molecule has 1 saturated heterocycles. The summed E-state index contributed by atoms with van der Waals surface area (Å²) in [4.78, 5) is 27.8. The number of aromatic nitrogens is 3. The van der Waals surface area contributed by atoms with Crippen molar-refractivity contribution in [3.05, 3.63) is 83.9 Å². The van der Waals surface area contributed by atoms with Crippen molar-refractivity contribution in [2.75, 3.05) is 13.1 Å². The number of piperidine rings is 1. The van der Waals surface area contributed by atoms with Crippen molar-refractivity contribution in [1.82, 2.24) is 19.9 Å². The van der Waals surface area contributed by atoms with Gasteiger partial charge < -0.3 is 9.88 Å². The van der Waals surface area contributed by atoms with Crippen LogP contribution in [0.15, 0.2) is 66.7 Å².